The van der Waals surface area contributed by atoms with Crippen LogP contribution >= 0.6 is 11.6 Å². The van der Waals surface area contributed by atoms with Crippen LogP contribution in [0.15, 0.2) is 18.2 Å². The smallest absolute Gasteiger partial charge is 0.128 e. The number of pyridine rings is 1. The van der Waals surface area contributed by atoms with Crippen LogP contribution in [0.3, 0.4) is 0 Å². The van der Waals surface area contributed by atoms with Gasteiger partial charge in [0.1, 0.15) is 13.2 Å². The molecule has 1 nitrogen and oxygen atoms in total. The molecule has 0 aromatic carbocycles. The molecule has 0 unspecified atom stereocenters. The summed E-state index contributed by atoms with van der Waals surface area (Å²) in [5, 5.41) is 1.37. The predicted molar refractivity (Wildman–Crippen MR) is 52.2 cm³/mol. The van der Waals surface area contributed by atoms with E-state index in [0.29, 0.717) is 11.2 Å². The first kappa shape index (κ1) is 7.31. The SMILES string of the molecule is [2H]c1ccc([Si](C)(C)C)nc1Cl. The molecular formula is C8H12ClNSi. The van der Waals surface area contributed by atoms with Crippen molar-refractivity contribution >= 4 is 25.0 Å². The maximum atomic E-state index is 7.34. The van der Waals surface area contributed by atoms with Gasteiger partial charge in [0.25, 0.3) is 0 Å². The van der Waals surface area contributed by atoms with E-state index in [9.17, 15) is 0 Å². The standard InChI is InChI=1S/C8H12ClNSi/c1-11(2,3)8-6-4-5-7(9)10-8/h4-6H,1-3H3/i5D. The molecule has 0 N–H and O–H groups in total. The van der Waals surface area contributed by atoms with E-state index in [1.165, 1.54) is 0 Å². The second kappa shape index (κ2) is 2.95. The lowest BCUT2D eigenvalue weighted by atomic mass is 10.5. The lowest BCUT2D eigenvalue weighted by Crippen LogP contribution is -2.39. The molecule has 1 aromatic heterocycles. The third kappa shape index (κ3) is 2.31. The van der Waals surface area contributed by atoms with Crippen LogP contribution in [0.2, 0.25) is 24.8 Å². The second-order valence-electron chi connectivity index (χ2n) is 3.52. The van der Waals surface area contributed by atoms with Gasteiger partial charge < -0.3 is 0 Å². The Balaban J connectivity index is 3.14. The lowest BCUT2D eigenvalue weighted by Gasteiger charge is -2.14. The molecule has 0 amide bonds. The molecule has 0 aliphatic heterocycles. The quantitative estimate of drug-likeness (QED) is 0.485. The number of hydrogen-bond donors (Lipinski definition) is 0. The van der Waals surface area contributed by atoms with Crippen LogP contribution in [0.25, 0.3) is 0 Å². The Hall–Kier alpha value is -0.343. The number of halogens is 1. The van der Waals surface area contributed by atoms with Crippen LogP contribution in [-0.2, 0) is 0 Å². The first-order chi connectivity index (χ1) is 5.41. The molecule has 60 valence electrons. The maximum absolute atomic E-state index is 7.34. The van der Waals surface area contributed by atoms with Gasteiger partial charge in [0.15, 0.2) is 0 Å². The lowest BCUT2D eigenvalue weighted by molar-refractivity contribution is 1.36. The Morgan fingerprint density at radius 2 is 2.18 bits per heavy atom. The largest absolute Gasteiger partial charge is 0.246 e. The van der Waals surface area contributed by atoms with Crippen molar-refractivity contribution in [3.05, 3.63) is 23.3 Å². The van der Waals surface area contributed by atoms with E-state index >= 15 is 0 Å². The summed E-state index contributed by atoms with van der Waals surface area (Å²) >= 11 is 5.74. The Morgan fingerprint density at radius 1 is 1.55 bits per heavy atom. The summed E-state index contributed by atoms with van der Waals surface area (Å²) in [5.41, 5.74) is 0. The highest BCUT2D eigenvalue weighted by molar-refractivity contribution is 6.88. The van der Waals surface area contributed by atoms with Gasteiger partial charge in [0, 0.05) is 5.32 Å². The number of rotatable bonds is 1. The Bertz CT molecular complexity index is 296. The molecule has 0 saturated carbocycles. The average molecular weight is 187 g/mol. The van der Waals surface area contributed by atoms with Crippen LogP contribution in [0.5, 0.6) is 0 Å². The first-order valence-electron chi connectivity index (χ1n) is 4.05. The molecule has 1 heterocycles. The summed E-state index contributed by atoms with van der Waals surface area (Å²) in [6, 6.07) is 3.92. The van der Waals surface area contributed by atoms with Gasteiger partial charge in [-0.1, -0.05) is 37.3 Å². The summed E-state index contributed by atoms with van der Waals surface area (Å²) < 4.78 is 7.34. The normalized spacial score (nSPS) is 12.9. The summed E-state index contributed by atoms with van der Waals surface area (Å²) in [6.45, 7) is 6.61. The first-order valence-corrected chi connectivity index (χ1v) is 7.42. The monoisotopic (exact) mass is 186 g/mol. The van der Waals surface area contributed by atoms with Crippen molar-refractivity contribution in [2.45, 2.75) is 19.6 Å². The molecule has 0 aliphatic carbocycles. The summed E-state index contributed by atoms with van der Waals surface area (Å²) in [6.07, 6.45) is 0. The van der Waals surface area contributed by atoms with Crippen LogP contribution in [0, 0.1) is 0 Å². The number of nitrogens with zero attached hydrogens (tertiary/aromatic N) is 1. The molecule has 0 fully saturated rings. The predicted octanol–water partition coefficient (Wildman–Crippen LogP) is 2.28. The van der Waals surface area contributed by atoms with Crippen molar-refractivity contribution in [2.75, 3.05) is 0 Å². The van der Waals surface area contributed by atoms with Crippen LogP contribution < -0.4 is 5.32 Å². The van der Waals surface area contributed by atoms with Crippen molar-refractivity contribution in [1.82, 2.24) is 4.98 Å². The van der Waals surface area contributed by atoms with Gasteiger partial charge in [0.05, 0.1) is 1.37 Å². The summed E-state index contributed by atoms with van der Waals surface area (Å²) in [7, 11) is -1.37. The molecule has 0 aliphatic rings. The van der Waals surface area contributed by atoms with E-state index in [-0.39, 0.29) is 0 Å². The van der Waals surface area contributed by atoms with Crippen molar-refractivity contribution in [3.63, 3.8) is 0 Å². The van der Waals surface area contributed by atoms with Gasteiger partial charge in [-0.25, -0.2) is 4.98 Å². The molecule has 0 bridgehead atoms. The molecule has 11 heavy (non-hydrogen) atoms. The molecule has 0 spiro atoms. The molecule has 0 radical (unpaired) electrons. The minimum Gasteiger partial charge on any atom is -0.246 e. The van der Waals surface area contributed by atoms with Gasteiger partial charge >= 0.3 is 0 Å². The third-order valence-electron chi connectivity index (χ3n) is 1.43. The second-order valence-corrected chi connectivity index (χ2v) is 8.89. The van der Waals surface area contributed by atoms with Crippen molar-refractivity contribution < 1.29 is 1.37 Å². The molecule has 0 atom stereocenters. The fourth-order valence-corrected chi connectivity index (χ4v) is 2.04. The fraction of sp³-hybridized carbons (Fsp3) is 0.375. The van der Waals surface area contributed by atoms with Gasteiger partial charge in [-0.3, -0.25) is 0 Å². The summed E-state index contributed by atoms with van der Waals surface area (Å²) in [4.78, 5) is 4.18. The third-order valence-corrected chi connectivity index (χ3v) is 3.44. The molecule has 0 saturated heterocycles. The molecular weight excluding hydrogens is 174 g/mol. The van der Waals surface area contributed by atoms with Crippen LogP contribution in [-0.4, -0.2) is 13.1 Å². The van der Waals surface area contributed by atoms with E-state index in [4.69, 9.17) is 13.0 Å². The topological polar surface area (TPSA) is 12.9 Å². The molecule has 1 rings (SSSR count). The number of hydrogen-bond acceptors (Lipinski definition) is 1. The zero-order chi connectivity index (χ0) is 9.35. The van der Waals surface area contributed by atoms with Crippen molar-refractivity contribution in [1.29, 1.82) is 0 Å². The Kier molecular flexibility index (Phi) is 1.96. The van der Waals surface area contributed by atoms with E-state index in [0.717, 1.165) is 5.32 Å². The van der Waals surface area contributed by atoms with E-state index in [1.807, 2.05) is 6.07 Å². The van der Waals surface area contributed by atoms with Gasteiger partial charge in [-0.05, 0) is 12.1 Å². The van der Waals surface area contributed by atoms with E-state index in [2.05, 4.69) is 24.6 Å². The average Bonchev–Trinajstić information content (AvgIpc) is 1.92. The highest BCUT2D eigenvalue weighted by Gasteiger charge is 2.17. The highest BCUT2D eigenvalue weighted by Crippen LogP contribution is 2.04. The summed E-state index contributed by atoms with van der Waals surface area (Å²) in [5.74, 6) is 0. The molecule has 1 aromatic rings. The Morgan fingerprint density at radius 3 is 2.64 bits per heavy atom. The van der Waals surface area contributed by atoms with Crippen molar-refractivity contribution in [3.8, 4) is 0 Å². The van der Waals surface area contributed by atoms with Gasteiger partial charge in [-0.15, -0.1) is 0 Å². The highest BCUT2D eigenvalue weighted by atomic mass is 35.5. The molecule has 3 heteroatoms. The maximum Gasteiger partial charge on any atom is 0.128 e. The van der Waals surface area contributed by atoms with Crippen LogP contribution in [0.1, 0.15) is 1.37 Å². The van der Waals surface area contributed by atoms with Crippen LogP contribution in [0.4, 0.5) is 0 Å². The fourth-order valence-electron chi connectivity index (χ4n) is 0.782. The van der Waals surface area contributed by atoms with E-state index < -0.39 is 8.07 Å². The van der Waals surface area contributed by atoms with Gasteiger partial charge in [0.2, 0.25) is 0 Å². The Labute approximate surface area is 74.8 Å². The number of aromatic nitrogens is 1. The van der Waals surface area contributed by atoms with E-state index in [1.54, 1.807) is 6.07 Å². The van der Waals surface area contributed by atoms with Gasteiger partial charge in [-0.2, -0.15) is 0 Å². The van der Waals surface area contributed by atoms with Crippen molar-refractivity contribution in [2.24, 2.45) is 0 Å². The minimum atomic E-state index is -1.37. The zero-order valence-corrected chi connectivity index (χ0v) is 8.74. The minimum absolute atomic E-state index is 0.304. The zero-order valence-electron chi connectivity index (χ0n) is 7.98.